The van der Waals surface area contributed by atoms with E-state index in [9.17, 15) is 9.90 Å². The number of ketones is 1. The third kappa shape index (κ3) is 1.66. The summed E-state index contributed by atoms with van der Waals surface area (Å²) in [6, 6.07) is 4.67. The fraction of sp³-hybridized carbons (Fsp3) is 0.462. The van der Waals surface area contributed by atoms with Crippen LogP contribution in [0.3, 0.4) is 0 Å². The van der Waals surface area contributed by atoms with Gasteiger partial charge in [0.1, 0.15) is 17.1 Å². The number of phenolic OH excluding ortho intramolecular Hbond substituents is 1. The van der Waals surface area contributed by atoms with Crippen molar-refractivity contribution in [2.45, 2.75) is 38.7 Å². The Hall–Kier alpha value is -1.51. The number of carbonyl (C=O) groups is 1. The van der Waals surface area contributed by atoms with Crippen molar-refractivity contribution in [3.63, 3.8) is 0 Å². The van der Waals surface area contributed by atoms with Crippen molar-refractivity contribution < 1.29 is 14.6 Å². The minimum atomic E-state index is -0.391. The molecule has 2 rings (SSSR count). The summed E-state index contributed by atoms with van der Waals surface area (Å²) in [6.45, 7) is 4.04. The first-order valence-electron chi connectivity index (χ1n) is 5.65. The normalized spacial score (nSPS) is 17.8. The number of Topliss-reactive ketones (excluding diaryl/α,β-unsaturated/α-hetero) is 1. The first-order chi connectivity index (χ1) is 7.60. The van der Waals surface area contributed by atoms with Gasteiger partial charge in [0.15, 0.2) is 5.78 Å². The molecule has 86 valence electrons. The second-order valence-corrected chi connectivity index (χ2v) is 4.27. The van der Waals surface area contributed by atoms with Crippen LogP contribution in [0.5, 0.6) is 11.5 Å². The summed E-state index contributed by atoms with van der Waals surface area (Å²) in [5, 5.41) is 9.40. The maximum atomic E-state index is 12.0. The van der Waals surface area contributed by atoms with Crippen LogP contribution in [0.15, 0.2) is 18.2 Å². The Morgan fingerprint density at radius 2 is 2.06 bits per heavy atom. The zero-order valence-electron chi connectivity index (χ0n) is 9.62. The summed E-state index contributed by atoms with van der Waals surface area (Å²) in [7, 11) is 0. The van der Waals surface area contributed by atoms with Gasteiger partial charge in [0.05, 0.1) is 12.0 Å². The van der Waals surface area contributed by atoms with Gasteiger partial charge in [-0.2, -0.15) is 0 Å². The monoisotopic (exact) mass is 220 g/mol. The number of phenols is 1. The molecule has 0 saturated heterocycles. The minimum Gasteiger partial charge on any atom is -0.508 e. The average molecular weight is 220 g/mol. The molecular weight excluding hydrogens is 204 g/mol. The van der Waals surface area contributed by atoms with E-state index >= 15 is 0 Å². The molecule has 0 saturated carbocycles. The van der Waals surface area contributed by atoms with Crippen LogP contribution in [0.25, 0.3) is 0 Å². The highest BCUT2D eigenvalue weighted by atomic mass is 16.5. The first kappa shape index (κ1) is 11.0. The summed E-state index contributed by atoms with van der Waals surface area (Å²) in [6.07, 6.45) is 2.02. The second-order valence-electron chi connectivity index (χ2n) is 4.27. The third-order valence-electron chi connectivity index (χ3n) is 3.36. The molecule has 0 atom stereocenters. The zero-order valence-corrected chi connectivity index (χ0v) is 9.62. The molecule has 16 heavy (non-hydrogen) atoms. The van der Waals surface area contributed by atoms with Crippen molar-refractivity contribution in [2.24, 2.45) is 0 Å². The Morgan fingerprint density at radius 3 is 2.69 bits per heavy atom. The zero-order chi connectivity index (χ0) is 11.8. The van der Waals surface area contributed by atoms with Crippen molar-refractivity contribution in [3.05, 3.63) is 23.8 Å². The van der Waals surface area contributed by atoms with Gasteiger partial charge in [0.25, 0.3) is 0 Å². The van der Waals surface area contributed by atoms with Crippen LogP contribution in [0.1, 0.15) is 43.5 Å². The lowest BCUT2D eigenvalue weighted by atomic mass is 9.86. The van der Waals surface area contributed by atoms with Gasteiger partial charge in [-0.05, 0) is 25.0 Å². The van der Waals surface area contributed by atoms with Crippen molar-refractivity contribution >= 4 is 5.78 Å². The molecule has 0 radical (unpaired) electrons. The molecule has 0 amide bonds. The molecule has 1 heterocycles. The van der Waals surface area contributed by atoms with E-state index in [2.05, 4.69) is 0 Å². The molecule has 1 aromatic rings. The molecule has 0 aliphatic carbocycles. The molecule has 1 aromatic carbocycles. The number of carbonyl (C=O) groups excluding carboxylic acids is 1. The first-order valence-corrected chi connectivity index (χ1v) is 5.65. The Balaban J connectivity index is 2.45. The van der Waals surface area contributed by atoms with Crippen molar-refractivity contribution in [1.82, 2.24) is 0 Å². The van der Waals surface area contributed by atoms with Crippen LogP contribution in [-0.4, -0.2) is 16.5 Å². The quantitative estimate of drug-likeness (QED) is 0.833. The number of aromatic hydroxyl groups is 1. The van der Waals surface area contributed by atoms with E-state index in [1.54, 1.807) is 6.07 Å². The number of ether oxygens (including phenoxy) is 1. The lowest BCUT2D eigenvalue weighted by Crippen LogP contribution is -2.40. The molecule has 1 N–H and O–H groups in total. The number of fused-ring (bicyclic) bond motifs is 1. The Morgan fingerprint density at radius 1 is 1.38 bits per heavy atom. The molecule has 0 unspecified atom stereocenters. The van der Waals surface area contributed by atoms with Gasteiger partial charge in [-0.3, -0.25) is 4.79 Å². The standard InChI is InChI=1S/C13H16O3/c1-3-13(4-2)8-11(15)10-6-5-9(14)7-12(10)16-13/h5-7,14H,3-4,8H2,1-2H3. The number of hydrogen-bond acceptors (Lipinski definition) is 3. The van der Waals surface area contributed by atoms with E-state index in [1.807, 2.05) is 13.8 Å². The van der Waals surface area contributed by atoms with Crippen LogP contribution in [0.2, 0.25) is 0 Å². The van der Waals surface area contributed by atoms with Gasteiger partial charge < -0.3 is 9.84 Å². The minimum absolute atomic E-state index is 0.102. The maximum Gasteiger partial charge on any atom is 0.170 e. The Kier molecular flexibility index (Phi) is 2.62. The van der Waals surface area contributed by atoms with Gasteiger partial charge >= 0.3 is 0 Å². The van der Waals surface area contributed by atoms with E-state index < -0.39 is 5.60 Å². The average Bonchev–Trinajstić information content (AvgIpc) is 2.28. The molecule has 0 fully saturated rings. The molecule has 3 nitrogen and oxygen atoms in total. The maximum absolute atomic E-state index is 12.0. The SMILES string of the molecule is CCC1(CC)CC(=O)c2ccc(O)cc2O1. The second kappa shape index (κ2) is 3.81. The van der Waals surface area contributed by atoms with Crippen LogP contribution in [0, 0.1) is 0 Å². The smallest absolute Gasteiger partial charge is 0.170 e. The predicted molar refractivity (Wildman–Crippen MR) is 61.0 cm³/mol. The molecule has 0 bridgehead atoms. The van der Waals surface area contributed by atoms with E-state index in [0.717, 1.165) is 12.8 Å². The van der Waals surface area contributed by atoms with Crippen LogP contribution < -0.4 is 4.74 Å². The highest BCUT2D eigenvalue weighted by molar-refractivity contribution is 6.00. The van der Waals surface area contributed by atoms with Crippen LogP contribution in [0.4, 0.5) is 0 Å². The molecular formula is C13H16O3. The predicted octanol–water partition coefficient (Wildman–Crippen LogP) is 2.92. The van der Waals surface area contributed by atoms with Crippen molar-refractivity contribution in [1.29, 1.82) is 0 Å². The highest BCUT2D eigenvalue weighted by Gasteiger charge is 2.37. The summed E-state index contributed by atoms with van der Waals surface area (Å²) in [5.74, 6) is 0.749. The van der Waals surface area contributed by atoms with Crippen molar-refractivity contribution in [2.75, 3.05) is 0 Å². The topological polar surface area (TPSA) is 46.5 Å². The van der Waals surface area contributed by atoms with Gasteiger partial charge in [-0.15, -0.1) is 0 Å². The van der Waals surface area contributed by atoms with E-state index in [1.165, 1.54) is 12.1 Å². The third-order valence-corrected chi connectivity index (χ3v) is 3.36. The Labute approximate surface area is 95.0 Å². The van der Waals surface area contributed by atoms with E-state index in [0.29, 0.717) is 17.7 Å². The lowest BCUT2D eigenvalue weighted by Gasteiger charge is -2.36. The highest BCUT2D eigenvalue weighted by Crippen LogP contribution is 2.38. The van der Waals surface area contributed by atoms with E-state index in [4.69, 9.17) is 4.74 Å². The van der Waals surface area contributed by atoms with Gasteiger partial charge in [-0.25, -0.2) is 0 Å². The molecule has 1 aliphatic rings. The fourth-order valence-electron chi connectivity index (χ4n) is 2.13. The molecule has 0 spiro atoms. The van der Waals surface area contributed by atoms with Crippen LogP contribution >= 0.6 is 0 Å². The molecule has 1 aliphatic heterocycles. The summed E-state index contributed by atoms with van der Waals surface area (Å²) in [5.41, 5.74) is 0.188. The summed E-state index contributed by atoms with van der Waals surface area (Å²) in [4.78, 5) is 12.0. The number of rotatable bonds is 2. The Bertz CT molecular complexity index is 419. The molecule has 0 aromatic heterocycles. The number of benzene rings is 1. The number of hydrogen-bond donors (Lipinski definition) is 1. The fourth-order valence-corrected chi connectivity index (χ4v) is 2.13. The van der Waals surface area contributed by atoms with Gasteiger partial charge in [-0.1, -0.05) is 13.8 Å². The largest absolute Gasteiger partial charge is 0.508 e. The lowest BCUT2D eigenvalue weighted by molar-refractivity contribution is 0.0348. The summed E-state index contributed by atoms with van der Waals surface area (Å²) < 4.78 is 5.89. The van der Waals surface area contributed by atoms with Gasteiger partial charge in [0, 0.05) is 6.07 Å². The van der Waals surface area contributed by atoms with E-state index in [-0.39, 0.29) is 11.5 Å². The van der Waals surface area contributed by atoms with Crippen LogP contribution in [-0.2, 0) is 0 Å². The molecule has 3 heteroatoms. The van der Waals surface area contributed by atoms with Gasteiger partial charge in [0.2, 0.25) is 0 Å². The summed E-state index contributed by atoms with van der Waals surface area (Å²) >= 11 is 0. The van der Waals surface area contributed by atoms with Crippen molar-refractivity contribution in [3.8, 4) is 11.5 Å².